The van der Waals surface area contributed by atoms with Gasteiger partial charge in [0.05, 0.1) is 5.56 Å². The summed E-state index contributed by atoms with van der Waals surface area (Å²) in [5.41, 5.74) is 0.860. The summed E-state index contributed by atoms with van der Waals surface area (Å²) in [4.78, 5) is 16.2. The molecule has 4 heteroatoms. The molecule has 0 radical (unpaired) electrons. The van der Waals surface area contributed by atoms with Gasteiger partial charge in [0.1, 0.15) is 11.8 Å². The lowest BCUT2D eigenvalue weighted by atomic mass is 9.83. The van der Waals surface area contributed by atoms with Crippen molar-refractivity contribution in [1.82, 2.24) is 10.3 Å². The summed E-state index contributed by atoms with van der Waals surface area (Å²) < 4.78 is 0. The summed E-state index contributed by atoms with van der Waals surface area (Å²) in [7, 11) is 0. The Hall–Kier alpha value is -1.89. The van der Waals surface area contributed by atoms with E-state index in [9.17, 15) is 4.79 Å². The first-order chi connectivity index (χ1) is 9.74. The van der Waals surface area contributed by atoms with E-state index in [1.165, 1.54) is 38.3 Å². The number of hydrogen-bond donors (Lipinski definition) is 1. The maximum atomic E-state index is 12.2. The summed E-state index contributed by atoms with van der Waals surface area (Å²) >= 11 is 0. The van der Waals surface area contributed by atoms with Crippen LogP contribution in [0.4, 0.5) is 0 Å². The van der Waals surface area contributed by atoms with E-state index in [4.69, 9.17) is 5.26 Å². The molecule has 1 unspecified atom stereocenters. The molecule has 0 saturated heterocycles. The van der Waals surface area contributed by atoms with Crippen molar-refractivity contribution in [1.29, 1.82) is 5.26 Å². The van der Waals surface area contributed by atoms with E-state index in [0.29, 0.717) is 17.2 Å². The molecule has 20 heavy (non-hydrogen) atoms. The van der Waals surface area contributed by atoms with Gasteiger partial charge in [-0.25, -0.2) is 4.98 Å². The maximum Gasteiger partial charge on any atom is 0.270 e. The van der Waals surface area contributed by atoms with Crippen LogP contribution in [0.15, 0.2) is 18.3 Å². The number of carbonyl (C=O) groups excluding carboxylic acids is 1. The SMILES string of the molecule is CCC(NC(=O)c1ccc(C#N)cn1)C1CCCCC1. The van der Waals surface area contributed by atoms with Crippen molar-refractivity contribution in [3.63, 3.8) is 0 Å². The first kappa shape index (κ1) is 14.5. The van der Waals surface area contributed by atoms with Crippen LogP contribution in [0, 0.1) is 17.2 Å². The summed E-state index contributed by atoms with van der Waals surface area (Å²) in [6.45, 7) is 2.12. The Bertz CT molecular complexity index is 483. The molecular weight excluding hydrogens is 250 g/mol. The number of carbonyl (C=O) groups is 1. The average molecular weight is 271 g/mol. The van der Waals surface area contributed by atoms with Crippen LogP contribution in [0.25, 0.3) is 0 Å². The van der Waals surface area contributed by atoms with Crippen LogP contribution in [-0.2, 0) is 0 Å². The Morgan fingerprint density at radius 1 is 1.45 bits per heavy atom. The maximum absolute atomic E-state index is 12.2. The third-order valence-corrected chi connectivity index (χ3v) is 4.10. The number of nitrogens with zero attached hydrogens (tertiary/aromatic N) is 2. The van der Waals surface area contributed by atoms with Gasteiger partial charge in [0.2, 0.25) is 0 Å². The first-order valence-corrected chi connectivity index (χ1v) is 7.41. The molecule has 1 N–H and O–H groups in total. The fourth-order valence-electron chi connectivity index (χ4n) is 2.93. The Morgan fingerprint density at radius 2 is 2.20 bits per heavy atom. The molecule has 1 fully saturated rings. The third-order valence-electron chi connectivity index (χ3n) is 4.10. The molecule has 1 aliphatic carbocycles. The van der Waals surface area contributed by atoms with Gasteiger partial charge < -0.3 is 5.32 Å². The fourth-order valence-corrected chi connectivity index (χ4v) is 2.93. The molecule has 1 aromatic rings. The molecule has 0 spiro atoms. The van der Waals surface area contributed by atoms with Crippen molar-refractivity contribution in [3.05, 3.63) is 29.6 Å². The normalized spacial score (nSPS) is 17.2. The lowest BCUT2D eigenvalue weighted by Crippen LogP contribution is -2.41. The van der Waals surface area contributed by atoms with Gasteiger partial charge in [-0.3, -0.25) is 4.79 Å². The Balaban J connectivity index is 1.99. The average Bonchev–Trinajstić information content (AvgIpc) is 2.53. The van der Waals surface area contributed by atoms with Crippen LogP contribution in [0.3, 0.4) is 0 Å². The van der Waals surface area contributed by atoms with E-state index in [1.807, 2.05) is 6.07 Å². The van der Waals surface area contributed by atoms with Gasteiger partial charge in [-0.15, -0.1) is 0 Å². The molecule has 2 rings (SSSR count). The molecule has 1 aromatic heterocycles. The summed E-state index contributed by atoms with van der Waals surface area (Å²) in [6, 6.07) is 5.48. The third kappa shape index (κ3) is 3.57. The number of nitriles is 1. The highest BCUT2D eigenvalue weighted by molar-refractivity contribution is 5.92. The van der Waals surface area contributed by atoms with Gasteiger partial charge in [0.15, 0.2) is 0 Å². The summed E-state index contributed by atoms with van der Waals surface area (Å²) in [6.07, 6.45) is 8.67. The van der Waals surface area contributed by atoms with Crippen LogP contribution in [-0.4, -0.2) is 16.9 Å². The zero-order valence-corrected chi connectivity index (χ0v) is 11.9. The lowest BCUT2D eigenvalue weighted by Gasteiger charge is -2.30. The molecule has 1 heterocycles. The second-order valence-corrected chi connectivity index (χ2v) is 5.43. The number of aromatic nitrogens is 1. The molecule has 0 bridgehead atoms. The van der Waals surface area contributed by atoms with E-state index in [2.05, 4.69) is 17.2 Å². The molecule has 1 atom stereocenters. The van der Waals surface area contributed by atoms with Gasteiger partial charge in [-0.2, -0.15) is 5.26 Å². The van der Waals surface area contributed by atoms with Crippen molar-refractivity contribution in [2.45, 2.75) is 51.5 Å². The van der Waals surface area contributed by atoms with E-state index >= 15 is 0 Å². The molecule has 0 aliphatic heterocycles. The van der Waals surface area contributed by atoms with E-state index < -0.39 is 0 Å². The second kappa shape index (κ2) is 7.04. The van der Waals surface area contributed by atoms with Gasteiger partial charge in [-0.05, 0) is 37.3 Å². The monoisotopic (exact) mass is 271 g/mol. The van der Waals surface area contributed by atoms with Gasteiger partial charge in [0.25, 0.3) is 5.91 Å². The first-order valence-electron chi connectivity index (χ1n) is 7.41. The van der Waals surface area contributed by atoms with Crippen molar-refractivity contribution in [3.8, 4) is 6.07 Å². The van der Waals surface area contributed by atoms with Crippen LogP contribution < -0.4 is 5.32 Å². The molecule has 4 nitrogen and oxygen atoms in total. The van der Waals surface area contributed by atoms with Crippen molar-refractivity contribution in [2.75, 3.05) is 0 Å². The van der Waals surface area contributed by atoms with Gasteiger partial charge in [0, 0.05) is 12.2 Å². The topological polar surface area (TPSA) is 65.8 Å². The van der Waals surface area contributed by atoms with Crippen LogP contribution in [0.2, 0.25) is 0 Å². The van der Waals surface area contributed by atoms with E-state index in [-0.39, 0.29) is 11.9 Å². The minimum atomic E-state index is -0.132. The smallest absolute Gasteiger partial charge is 0.270 e. The number of pyridine rings is 1. The molecular formula is C16H21N3O. The van der Waals surface area contributed by atoms with Gasteiger partial charge >= 0.3 is 0 Å². The zero-order valence-electron chi connectivity index (χ0n) is 11.9. The second-order valence-electron chi connectivity index (χ2n) is 5.43. The standard InChI is InChI=1S/C16H21N3O/c1-2-14(13-6-4-3-5-7-13)19-16(20)15-9-8-12(10-17)11-18-15/h8-9,11,13-14H,2-7H2,1H3,(H,19,20). The van der Waals surface area contributed by atoms with E-state index in [0.717, 1.165) is 6.42 Å². The van der Waals surface area contributed by atoms with Crippen LogP contribution in [0.5, 0.6) is 0 Å². The van der Waals surface area contributed by atoms with Crippen molar-refractivity contribution in [2.24, 2.45) is 5.92 Å². The predicted molar refractivity (Wildman–Crippen MR) is 77.1 cm³/mol. The highest BCUT2D eigenvalue weighted by Crippen LogP contribution is 2.27. The van der Waals surface area contributed by atoms with Crippen LogP contribution >= 0.6 is 0 Å². The number of nitrogens with one attached hydrogen (secondary N) is 1. The van der Waals surface area contributed by atoms with Crippen molar-refractivity contribution >= 4 is 5.91 Å². The highest BCUT2D eigenvalue weighted by atomic mass is 16.1. The molecule has 106 valence electrons. The van der Waals surface area contributed by atoms with Crippen LogP contribution in [0.1, 0.15) is 61.5 Å². The Morgan fingerprint density at radius 3 is 2.75 bits per heavy atom. The number of hydrogen-bond acceptors (Lipinski definition) is 3. The predicted octanol–water partition coefficient (Wildman–Crippen LogP) is 3.04. The summed E-state index contributed by atoms with van der Waals surface area (Å²) in [5.74, 6) is 0.461. The number of amides is 1. The Labute approximate surface area is 120 Å². The lowest BCUT2D eigenvalue weighted by molar-refractivity contribution is 0.0906. The molecule has 1 amide bonds. The number of rotatable bonds is 4. The molecule has 1 saturated carbocycles. The largest absolute Gasteiger partial charge is 0.348 e. The molecule has 0 aromatic carbocycles. The minimum Gasteiger partial charge on any atom is -0.348 e. The minimum absolute atomic E-state index is 0.132. The fraction of sp³-hybridized carbons (Fsp3) is 0.562. The van der Waals surface area contributed by atoms with Gasteiger partial charge in [-0.1, -0.05) is 26.2 Å². The highest BCUT2D eigenvalue weighted by Gasteiger charge is 2.24. The summed E-state index contributed by atoms with van der Waals surface area (Å²) in [5, 5.41) is 11.8. The van der Waals surface area contributed by atoms with Crippen molar-refractivity contribution < 1.29 is 4.79 Å². The molecule has 1 aliphatic rings. The zero-order chi connectivity index (χ0) is 14.4. The van der Waals surface area contributed by atoms with E-state index in [1.54, 1.807) is 12.1 Å². The Kier molecular flexibility index (Phi) is 5.11. The quantitative estimate of drug-likeness (QED) is 0.915.